The normalized spacial score (nSPS) is 17.3. The maximum Gasteiger partial charge on any atom is 0.490 e. The average Bonchev–Trinajstić information content (AvgIpc) is 1.77. The summed E-state index contributed by atoms with van der Waals surface area (Å²) in [7, 11) is 0. The molecule has 11 atom stereocenters. The van der Waals surface area contributed by atoms with E-state index in [0.717, 1.165) is 0 Å². The summed E-state index contributed by atoms with van der Waals surface area (Å²) >= 11 is 0. The van der Waals surface area contributed by atoms with Crippen molar-refractivity contribution in [2.45, 2.75) is 216 Å². The Hall–Kier alpha value is -7.87. The molecule has 37 heteroatoms. The van der Waals surface area contributed by atoms with Crippen LogP contribution in [-0.2, 0) is 67.1 Å². The van der Waals surface area contributed by atoms with Crippen molar-refractivity contribution >= 4 is 82.8 Å². The number of carboxylic acids is 2. The number of alkyl halides is 3. The summed E-state index contributed by atoms with van der Waals surface area (Å²) in [6.07, 6.45) is -1.66. The molecule has 0 radical (unpaired) electrons. The Labute approximate surface area is 549 Å². The molecule has 2 aliphatic rings. The molecule has 2 rings (SSSR count). The largest absolute Gasteiger partial charge is 0.490 e. The molecule has 0 spiro atoms. The van der Waals surface area contributed by atoms with Crippen molar-refractivity contribution in [3.63, 3.8) is 0 Å². The SMILES string of the molecule is CC(C)C[C@H](NC(=O)[C@H](CCCCN)NC(=O)[C@H](CCCCN)NC(=O)[C@H](C)NC(=O)[C@H](CCCCN)NC(=O)[C@H](CCCCN)NC(=O)[C@@H]1CCCN1C(=O)[C@@H](NC(=O)[C@H](C)NC(=O)[C@@H]1CCCN1C(=O)CNC(=O)CNC(=O)CN)[C@@H](C)O)C(=O)O.O=C(O)C(F)(F)F. The highest BCUT2D eigenvalue weighted by atomic mass is 19.4. The van der Waals surface area contributed by atoms with Crippen LogP contribution in [-0.4, -0.2) is 240 Å². The van der Waals surface area contributed by atoms with Crippen LogP contribution in [0.15, 0.2) is 0 Å². The fourth-order valence-corrected chi connectivity index (χ4v) is 9.95. The highest BCUT2D eigenvalue weighted by Crippen LogP contribution is 2.22. The molecule has 0 saturated carbocycles. The molecule has 0 unspecified atom stereocenters. The number of aliphatic hydroxyl groups excluding tert-OH is 1. The third kappa shape index (κ3) is 32.0. The number of amides is 12. The first-order valence-corrected chi connectivity index (χ1v) is 32.0. The second-order valence-electron chi connectivity index (χ2n) is 23.6. The Kier molecular flexibility index (Phi) is 40.1. The van der Waals surface area contributed by atoms with E-state index in [2.05, 4.69) is 53.2 Å². The molecule has 2 heterocycles. The Morgan fingerprint density at radius 1 is 0.474 bits per heavy atom. The lowest BCUT2D eigenvalue weighted by Crippen LogP contribution is -2.61. The predicted molar refractivity (Wildman–Crippen MR) is 335 cm³/mol. The van der Waals surface area contributed by atoms with Crippen molar-refractivity contribution in [2.24, 2.45) is 34.6 Å². The van der Waals surface area contributed by atoms with Gasteiger partial charge in [0.05, 0.1) is 25.7 Å². The van der Waals surface area contributed by atoms with Crippen molar-refractivity contribution < 1.29 is 95.6 Å². The van der Waals surface area contributed by atoms with E-state index in [1.165, 1.54) is 30.6 Å². The summed E-state index contributed by atoms with van der Waals surface area (Å²) in [6, 6.07) is -12.6. The summed E-state index contributed by atoms with van der Waals surface area (Å²) < 4.78 is 31.7. The van der Waals surface area contributed by atoms with Crippen molar-refractivity contribution in [2.75, 3.05) is 58.9 Å². The number of halogens is 3. The van der Waals surface area contributed by atoms with Crippen LogP contribution in [0, 0.1) is 5.92 Å². The highest BCUT2D eigenvalue weighted by molar-refractivity contribution is 5.99. The number of hydrogen-bond acceptors (Lipinski definition) is 20. The Morgan fingerprint density at radius 2 is 0.842 bits per heavy atom. The summed E-state index contributed by atoms with van der Waals surface area (Å²) in [5.41, 5.74) is 28.2. The van der Waals surface area contributed by atoms with Gasteiger partial charge in [-0.1, -0.05) is 13.8 Å². The van der Waals surface area contributed by atoms with Crippen molar-refractivity contribution in [1.29, 1.82) is 0 Å². The molecule has 0 aliphatic carbocycles. The van der Waals surface area contributed by atoms with Gasteiger partial charge in [-0.15, -0.1) is 0 Å². The van der Waals surface area contributed by atoms with Crippen LogP contribution in [0.3, 0.4) is 0 Å². The molecule has 34 nitrogen and oxygen atoms in total. The van der Waals surface area contributed by atoms with E-state index in [4.69, 9.17) is 38.6 Å². The van der Waals surface area contributed by atoms with Crippen molar-refractivity contribution in [1.82, 2.24) is 63.0 Å². The van der Waals surface area contributed by atoms with Crippen molar-refractivity contribution in [3.8, 4) is 0 Å². The number of nitrogens with two attached hydrogens (primary N) is 5. The fourth-order valence-electron chi connectivity index (χ4n) is 9.95. The van der Waals surface area contributed by atoms with Gasteiger partial charge >= 0.3 is 18.1 Å². The maximum absolute atomic E-state index is 14.3. The fraction of sp³-hybridized carbons (Fsp3) is 0.759. The number of nitrogens with zero attached hydrogens (tertiary/aromatic N) is 2. The second kappa shape index (κ2) is 44.7. The topological polar surface area (TPSA) is 557 Å². The number of hydrogen-bond donors (Lipinski definition) is 18. The number of carbonyl (C=O) groups is 14. The van der Waals surface area contributed by atoms with Crippen LogP contribution in [0.25, 0.3) is 0 Å². The smallest absolute Gasteiger partial charge is 0.480 e. The number of carbonyl (C=O) groups excluding carboxylic acids is 12. The van der Waals surface area contributed by atoms with E-state index < -0.39 is 169 Å². The zero-order valence-electron chi connectivity index (χ0n) is 54.8. The van der Waals surface area contributed by atoms with Gasteiger partial charge in [0.15, 0.2) is 0 Å². The van der Waals surface area contributed by atoms with Gasteiger partial charge in [-0.3, -0.25) is 57.5 Å². The number of nitrogens with one attached hydrogen (secondary N) is 10. The van der Waals surface area contributed by atoms with Crippen LogP contribution in [0.2, 0.25) is 0 Å². The maximum atomic E-state index is 14.3. The molecule has 0 aromatic heterocycles. The van der Waals surface area contributed by atoms with Crippen molar-refractivity contribution in [3.05, 3.63) is 0 Å². The monoisotopic (exact) mass is 1370 g/mol. The third-order valence-corrected chi connectivity index (χ3v) is 15.2. The van der Waals surface area contributed by atoms with Gasteiger partial charge in [0, 0.05) is 13.1 Å². The molecule has 0 aromatic rings. The third-order valence-electron chi connectivity index (χ3n) is 15.2. The van der Waals surface area contributed by atoms with Gasteiger partial charge in [0.1, 0.15) is 60.4 Å². The van der Waals surface area contributed by atoms with E-state index >= 15 is 0 Å². The molecule has 542 valence electrons. The lowest BCUT2D eigenvalue weighted by atomic mass is 10.0. The number of aliphatic carboxylic acids is 2. The van der Waals surface area contributed by atoms with Gasteiger partial charge < -0.3 is 107 Å². The molecule has 2 fully saturated rings. The number of likely N-dealkylation sites (tertiary alicyclic amines) is 2. The quantitative estimate of drug-likeness (QED) is 0.0254. The first kappa shape index (κ1) is 85.1. The molecule has 0 bridgehead atoms. The second-order valence-corrected chi connectivity index (χ2v) is 23.6. The molecular formula is C58H102F3N17O17. The summed E-state index contributed by atoms with van der Waals surface area (Å²) in [4.78, 5) is 185. The molecule has 2 aliphatic heterocycles. The van der Waals surface area contributed by atoms with Gasteiger partial charge in [0.25, 0.3) is 0 Å². The lowest BCUT2D eigenvalue weighted by Gasteiger charge is -2.32. The summed E-state index contributed by atoms with van der Waals surface area (Å²) in [5, 5.41) is 53.3. The number of unbranched alkanes of at least 4 members (excludes halogenated alkanes) is 4. The number of carboxylic acid groups (broad SMARTS) is 2. The average molecular weight is 1370 g/mol. The molecule has 12 amide bonds. The molecular weight excluding hydrogens is 1260 g/mol. The standard InChI is InChI=1S/C56H101N17O15.C2HF3O2/c1-32(2)28-40(56(87)88)70-52(83)38(18-8-12-24-59)68-50(81)37(17-7-11-23-58)66-47(78)33(3)64-49(80)36(16-6-10-22-57)67-51(82)39(19-9-13-25-60)69-54(85)42-21-15-27-73(42)55(86)46(35(5)74)71-48(79)34(4)65-53(84)41-20-14-26-72(41)45(77)31-63-44(76)30-62-43(75)29-61;3-2(4,5)1(6)7/h32-42,46,74H,6-31,57-61H2,1-5H3,(H,62,75)(H,63,76)(H,64,80)(H,65,84)(H,66,78)(H,67,82)(H,68,81)(H,69,85)(H,70,83)(H,71,79)(H,87,88);(H,6,7)/t33-,34-,35+,36-,37-,38-,39-,40-,41-,42-,46-;/m0./s1. The Balaban J connectivity index is 0.00000607. The van der Waals surface area contributed by atoms with Crippen LogP contribution >= 0.6 is 0 Å². The minimum atomic E-state index is -5.08. The van der Waals surface area contributed by atoms with E-state index in [0.29, 0.717) is 70.8 Å². The van der Waals surface area contributed by atoms with E-state index in [1.54, 1.807) is 13.8 Å². The van der Waals surface area contributed by atoms with E-state index in [-0.39, 0.29) is 90.1 Å². The Bertz CT molecular complexity index is 2550. The molecule has 0 aromatic carbocycles. The first-order valence-electron chi connectivity index (χ1n) is 32.0. The first-order chi connectivity index (χ1) is 44.7. The highest BCUT2D eigenvalue weighted by Gasteiger charge is 2.43. The van der Waals surface area contributed by atoms with E-state index in [1.807, 2.05) is 0 Å². The van der Waals surface area contributed by atoms with E-state index in [9.17, 15) is 85.7 Å². The zero-order chi connectivity index (χ0) is 72.1. The predicted octanol–water partition coefficient (Wildman–Crippen LogP) is -5.26. The number of rotatable bonds is 42. The summed E-state index contributed by atoms with van der Waals surface area (Å²) in [5.74, 6) is -12.9. The van der Waals surface area contributed by atoms with Gasteiger partial charge in [0.2, 0.25) is 70.9 Å². The van der Waals surface area contributed by atoms with Crippen LogP contribution in [0.4, 0.5) is 13.2 Å². The minimum Gasteiger partial charge on any atom is -0.480 e. The molecule has 95 heavy (non-hydrogen) atoms. The lowest BCUT2D eigenvalue weighted by molar-refractivity contribution is -0.192. The summed E-state index contributed by atoms with van der Waals surface area (Å²) in [6.45, 7) is 7.61. The van der Waals surface area contributed by atoms with Gasteiger partial charge in [-0.05, 0) is 162 Å². The molecule has 23 N–H and O–H groups in total. The van der Waals surface area contributed by atoms with Crippen LogP contribution < -0.4 is 81.8 Å². The van der Waals surface area contributed by atoms with Crippen LogP contribution in [0.5, 0.6) is 0 Å². The van der Waals surface area contributed by atoms with Gasteiger partial charge in [-0.2, -0.15) is 13.2 Å². The van der Waals surface area contributed by atoms with Gasteiger partial charge in [-0.25, -0.2) is 9.59 Å². The van der Waals surface area contributed by atoms with Crippen LogP contribution in [0.1, 0.15) is 144 Å². The minimum absolute atomic E-state index is 0.0232. The molecule has 2 saturated heterocycles. The zero-order valence-corrected chi connectivity index (χ0v) is 54.8. The number of aliphatic hydroxyl groups is 1. The Morgan fingerprint density at radius 3 is 1.25 bits per heavy atom.